The third-order valence-electron chi connectivity index (χ3n) is 3.09. The number of carbonyl (C=O) groups is 1. The van der Waals surface area contributed by atoms with Gasteiger partial charge in [0.25, 0.3) is 0 Å². The number of aromatic carboxylic acids is 1. The maximum Gasteiger partial charge on any atom is 0.337 e. The Morgan fingerprint density at radius 3 is 2.52 bits per heavy atom. The number of hydrogen-bond donors (Lipinski definition) is 3. The molecule has 1 atom stereocenters. The number of phenols is 1. The Morgan fingerprint density at radius 1 is 1.24 bits per heavy atom. The van der Waals surface area contributed by atoms with E-state index in [1.54, 1.807) is 24.3 Å². The van der Waals surface area contributed by atoms with Crippen LogP contribution in [-0.2, 0) is 6.42 Å². The molecule has 2 rings (SSSR count). The Balaban J connectivity index is 2.05. The molecule has 0 aliphatic carbocycles. The van der Waals surface area contributed by atoms with Gasteiger partial charge < -0.3 is 15.5 Å². The number of nitrogens with one attached hydrogen (secondary N) is 1. The monoisotopic (exact) mass is 305 g/mol. The third kappa shape index (κ3) is 4.13. The second-order valence-corrected chi connectivity index (χ2v) is 5.32. The van der Waals surface area contributed by atoms with E-state index < -0.39 is 5.97 Å². The Kier molecular flexibility index (Phi) is 4.70. The van der Waals surface area contributed by atoms with Crippen LogP contribution in [0.15, 0.2) is 42.5 Å². The van der Waals surface area contributed by atoms with Crippen molar-refractivity contribution in [2.45, 2.75) is 19.4 Å². The zero-order valence-electron chi connectivity index (χ0n) is 11.5. The maximum atomic E-state index is 11.0. The van der Waals surface area contributed by atoms with Crippen molar-refractivity contribution < 1.29 is 15.0 Å². The summed E-state index contributed by atoms with van der Waals surface area (Å²) in [5.41, 5.74) is 1.88. The van der Waals surface area contributed by atoms with Gasteiger partial charge in [-0.25, -0.2) is 4.79 Å². The minimum absolute atomic E-state index is 0.0819. The molecule has 0 saturated carbocycles. The standard InChI is InChI=1S/C16H16ClNO3/c1-10(8-11-2-5-13(19)6-3-11)18-12-4-7-15(17)14(9-12)16(20)21/h2-7,9-10,18-19H,8H2,1H3,(H,20,21). The van der Waals surface area contributed by atoms with Crippen LogP contribution in [0.25, 0.3) is 0 Å². The lowest BCUT2D eigenvalue weighted by Crippen LogP contribution is -2.18. The summed E-state index contributed by atoms with van der Waals surface area (Å²) in [4.78, 5) is 11.0. The maximum absolute atomic E-state index is 11.0. The molecule has 3 N–H and O–H groups in total. The summed E-state index contributed by atoms with van der Waals surface area (Å²) in [6, 6.07) is 12.0. The molecule has 21 heavy (non-hydrogen) atoms. The highest BCUT2D eigenvalue weighted by Gasteiger charge is 2.11. The van der Waals surface area contributed by atoms with Crippen LogP contribution in [0.3, 0.4) is 0 Å². The minimum Gasteiger partial charge on any atom is -0.508 e. The zero-order chi connectivity index (χ0) is 15.4. The molecule has 5 heteroatoms. The lowest BCUT2D eigenvalue weighted by Gasteiger charge is -2.16. The van der Waals surface area contributed by atoms with Crippen LogP contribution in [0.5, 0.6) is 5.75 Å². The summed E-state index contributed by atoms with van der Waals surface area (Å²) in [6.45, 7) is 2.00. The first-order valence-electron chi connectivity index (χ1n) is 6.53. The molecule has 0 aliphatic heterocycles. The average Bonchev–Trinajstić information content (AvgIpc) is 2.43. The van der Waals surface area contributed by atoms with Gasteiger partial charge in [-0.3, -0.25) is 0 Å². The predicted octanol–water partition coefficient (Wildman–Crippen LogP) is 3.79. The summed E-state index contributed by atoms with van der Waals surface area (Å²) in [6.07, 6.45) is 0.755. The molecule has 0 heterocycles. The quantitative estimate of drug-likeness (QED) is 0.786. The SMILES string of the molecule is CC(Cc1ccc(O)cc1)Nc1ccc(Cl)c(C(=O)O)c1. The van der Waals surface area contributed by atoms with E-state index in [4.69, 9.17) is 16.7 Å². The first kappa shape index (κ1) is 15.2. The lowest BCUT2D eigenvalue weighted by molar-refractivity contribution is 0.0697. The third-order valence-corrected chi connectivity index (χ3v) is 3.42. The second-order valence-electron chi connectivity index (χ2n) is 4.92. The fraction of sp³-hybridized carbons (Fsp3) is 0.188. The number of halogens is 1. The molecule has 0 aliphatic rings. The number of benzene rings is 2. The van der Waals surface area contributed by atoms with Gasteiger partial charge in [0.15, 0.2) is 0 Å². The van der Waals surface area contributed by atoms with Crippen LogP contribution in [-0.4, -0.2) is 22.2 Å². The van der Waals surface area contributed by atoms with Gasteiger partial charge in [-0.1, -0.05) is 23.7 Å². The minimum atomic E-state index is -1.05. The number of carboxylic acids is 1. The molecule has 110 valence electrons. The molecule has 0 aromatic heterocycles. The first-order chi connectivity index (χ1) is 9.95. The molecule has 1 unspecified atom stereocenters. The van der Waals surface area contributed by atoms with E-state index in [1.807, 2.05) is 19.1 Å². The molecule has 2 aromatic carbocycles. The summed E-state index contributed by atoms with van der Waals surface area (Å²) in [5.74, 6) is -0.807. The molecular formula is C16H16ClNO3. The highest BCUT2D eigenvalue weighted by molar-refractivity contribution is 6.33. The number of hydrogen-bond acceptors (Lipinski definition) is 3. The molecule has 4 nitrogen and oxygen atoms in total. The van der Waals surface area contributed by atoms with Gasteiger partial charge in [0.05, 0.1) is 10.6 Å². The molecule has 0 bridgehead atoms. The van der Waals surface area contributed by atoms with Crippen LogP contribution < -0.4 is 5.32 Å². The Hall–Kier alpha value is -2.20. The molecule has 0 spiro atoms. The second kappa shape index (κ2) is 6.50. The highest BCUT2D eigenvalue weighted by Crippen LogP contribution is 2.21. The van der Waals surface area contributed by atoms with Gasteiger partial charge >= 0.3 is 5.97 Å². The van der Waals surface area contributed by atoms with E-state index in [9.17, 15) is 9.90 Å². The first-order valence-corrected chi connectivity index (χ1v) is 6.91. The molecule has 0 fully saturated rings. The number of rotatable bonds is 5. The van der Waals surface area contributed by atoms with E-state index >= 15 is 0 Å². The zero-order valence-corrected chi connectivity index (χ0v) is 12.3. The average molecular weight is 306 g/mol. The van der Waals surface area contributed by atoms with Crippen LogP contribution in [0, 0.1) is 0 Å². The van der Waals surface area contributed by atoms with Crippen LogP contribution in [0.1, 0.15) is 22.8 Å². The van der Waals surface area contributed by atoms with E-state index in [0.29, 0.717) is 5.69 Å². The van der Waals surface area contributed by atoms with Crippen molar-refractivity contribution in [3.8, 4) is 5.75 Å². The van der Waals surface area contributed by atoms with Gasteiger partial charge in [0, 0.05) is 11.7 Å². The molecule has 0 amide bonds. The van der Waals surface area contributed by atoms with Gasteiger partial charge in [-0.05, 0) is 49.2 Å². The van der Waals surface area contributed by atoms with Gasteiger partial charge in [-0.2, -0.15) is 0 Å². The van der Waals surface area contributed by atoms with E-state index in [0.717, 1.165) is 12.0 Å². The van der Waals surface area contributed by atoms with Gasteiger partial charge in [-0.15, -0.1) is 0 Å². The van der Waals surface area contributed by atoms with E-state index in [1.165, 1.54) is 6.07 Å². The van der Waals surface area contributed by atoms with Crippen LogP contribution in [0.4, 0.5) is 5.69 Å². The van der Waals surface area contributed by atoms with E-state index in [2.05, 4.69) is 5.32 Å². The highest BCUT2D eigenvalue weighted by atomic mass is 35.5. The lowest BCUT2D eigenvalue weighted by atomic mass is 10.1. The number of anilines is 1. The Bertz CT molecular complexity index is 640. The van der Waals surface area contributed by atoms with Crippen LogP contribution >= 0.6 is 11.6 Å². The summed E-state index contributed by atoms with van der Waals surface area (Å²) < 4.78 is 0. The van der Waals surface area contributed by atoms with Crippen molar-refractivity contribution in [2.75, 3.05) is 5.32 Å². The number of aromatic hydroxyl groups is 1. The molecule has 2 aromatic rings. The Labute approximate surface area is 128 Å². The number of phenolic OH excluding ortho intramolecular Hbond substituents is 1. The van der Waals surface area contributed by atoms with Gasteiger partial charge in [0.1, 0.15) is 5.75 Å². The van der Waals surface area contributed by atoms with Gasteiger partial charge in [0.2, 0.25) is 0 Å². The molecule has 0 saturated heterocycles. The van der Waals surface area contributed by atoms with Crippen molar-refractivity contribution in [3.05, 3.63) is 58.6 Å². The van der Waals surface area contributed by atoms with Crippen molar-refractivity contribution in [3.63, 3.8) is 0 Å². The van der Waals surface area contributed by atoms with Crippen LogP contribution in [0.2, 0.25) is 5.02 Å². The van der Waals surface area contributed by atoms with Crippen molar-refractivity contribution >= 4 is 23.3 Å². The van der Waals surface area contributed by atoms with Crippen molar-refractivity contribution in [1.82, 2.24) is 0 Å². The van der Waals surface area contributed by atoms with Crippen molar-refractivity contribution in [2.24, 2.45) is 0 Å². The number of carboxylic acid groups (broad SMARTS) is 1. The molecular weight excluding hydrogens is 290 g/mol. The summed E-state index contributed by atoms with van der Waals surface area (Å²) in [5, 5.41) is 21.8. The van der Waals surface area contributed by atoms with Crippen molar-refractivity contribution in [1.29, 1.82) is 0 Å². The normalized spacial score (nSPS) is 11.9. The summed E-state index contributed by atoms with van der Waals surface area (Å²) >= 11 is 5.84. The fourth-order valence-electron chi connectivity index (χ4n) is 2.10. The predicted molar refractivity (Wildman–Crippen MR) is 83.3 cm³/mol. The Morgan fingerprint density at radius 2 is 1.90 bits per heavy atom. The molecule has 0 radical (unpaired) electrons. The smallest absolute Gasteiger partial charge is 0.337 e. The largest absolute Gasteiger partial charge is 0.508 e. The topological polar surface area (TPSA) is 69.6 Å². The van der Waals surface area contributed by atoms with E-state index in [-0.39, 0.29) is 22.4 Å². The summed E-state index contributed by atoms with van der Waals surface area (Å²) in [7, 11) is 0. The fourth-order valence-corrected chi connectivity index (χ4v) is 2.30.